The molecule has 0 amide bonds. The summed E-state index contributed by atoms with van der Waals surface area (Å²) in [5.41, 5.74) is -1.36. The Morgan fingerprint density at radius 2 is 1.85 bits per heavy atom. The number of phosphoric acid groups is 1. The first kappa shape index (κ1) is 10.7. The maximum Gasteiger partial charge on any atom is 0.475 e. The lowest BCUT2D eigenvalue weighted by Gasteiger charge is -2.17. The van der Waals surface area contributed by atoms with Gasteiger partial charge in [-0.15, -0.1) is 0 Å². The van der Waals surface area contributed by atoms with Gasteiger partial charge in [-0.05, 0) is 12.8 Å². The number of hydrogen-bond acceptors (Lipinski definition) is 5. The average Bonchev–Trinajstić information content (AvgIpc) is 2.86. The Hall–Kier alpha value is -0.420. The highest BCUT2D eigenvalue weighted by molar-refractivity contribution is 7.48. The number of hydrogen-bond donors (Lipinski definition) is 1. The maximum atomic E-state index is 11.4. The fraction of sp³-hybridized carbons (Fsp3) is 0.833. The van der Waals surface area contributed by atoms with Crippen LogP contribution in [0, 0.1) is 0 Å². The Morgan fingerprint density at radius 3 is 2.08 bits per heavy atom. The zero-order valence-electron chi connectivity index (χ0n) is 7.35. The van der Waals surface area contributed by atoms with Gasteiger partial charge < -0.3 is 5.11 Å². The molecule has 7 heteroatoms. The van der Waals surface area contributed by atoms with Crippen LogP contribution in [0.25, 0.3) is 0 Å². The normalized spacial score (nSPS) is 19.8. The third-order valence-electron chi connectivity index (χ3n) is 1.83. The molecule has 1 aliphatic carbocycles. The minimum absolute atomic E-state index is 0.332. The van der Waals surface area contributed by atoms with E-state index >= 15 is 0 Å². The number of carboxylic acid groups (broad SMARTS) is 1. The van der Waals surface area contributed by atoms with Crippen molar-refractivity contribution in [1.29, 1.82) is 0 Å². The number of phosphoric ester groups is 1. The first-order valence-corrected chi connectivity index (χ1v) is 5.10. The first-order chi connectivity index (χ1) is 5.98. The zero-order chi connectivity index (χ0) is 10.1. The van der Waals surface area contributed by atoms with Crippen LogP contribution in [0.5, 0.6) is 0 Å². The maximum absolute atomic E-state index is 11.4. The van der Waals surface area contributed by atoms with Crippen LogP contribution in [0.1, 0.15) is 12.8 Å². The van der Waals surface area contributed by atoms with E-state index in [0.29, 0.717) is 12.8 Å². The van der Waals surface area contributed by atoms with Crippen molar-refractivity contribution >= 4 is 13.8 Å². The lowest BCUT2D eigenvalue weighted by Crippen LogP contribution is -2.25. The molecule has 1 saturated carbocycles. The van der Waals surface area contributed by atoms with Crippen LogP contribution in [0.2, 0.25) is 0 Å². The van der Waals surface area contributed by atoms with Crippen LogP contribution >= 0.6 is 7.82 Å². The molecule has 1 N–H and O–H groups in total. The van der Waals surface area contributed by atoms with Crippen molar-refractivity contribution < 1.29 is 28.0 Å². The molecule has 13 heavy (non-hydrogen) atoms. The molecule has 1 fully saturated rings. The van der Waals surface area contributed by atoms with E-state index in [9.17, 15) is 9.36 Å². The summed E-state index contributed by atoms with van der Waals surface area (Å²) in [5.74, 6) is -1.14. The summed E-state index contributed by atoms with van der Waals surface area (Å²) in [4.78, 5) is 10.6. The predicted molar refractivity (Wildman–Crippen MR) is 42.3 cm³/mol. The Bertz CT molecular complexity index is 250. The van der Waals surface area contributed by atoms with Gasteiger partial charge in [0.2, 0.25) is 0 Å². The van der Waals surface area contributed by atoms with Crippen molar-refractivity contribution in [2.75, 3.05) is 14.2 Å². The molecular formula is C6H11O6P. The van der Waals surface area contributed by atoms with E-state index in [0.717, 1.165) is 14.2 Å². The Morgan fingerprint density at radius 1 is 1.38 bits per heavy atom. The summed E-state index contributed by atoms with van der Waals surface area (Å²) < 4.78 is 25.1. The van der Waals surface area contributed by atoms with Crippen LogP contribution in [0.15, 0.2) is 0 Å². The van der Waals surface area contributed by atoms with Gasteiger partial charge in [-0.25, -0.2) is 9.36 Å². The van der Waals surface area contributed by atoms with Gasteiger partial charge in [0, 0.05) is 14.2 Å². The van der Waals surface area contributed by atoms with Crippen molar-refractivity contribution in [1.82, 2.24) is 0 Å². The molecule has 0 heterocycles. The van der Waals surface area contributed by atoms with Gasteiger partial charge in [0.1, 0.15) is 0 Å². The SMILES string of the molecule is COP(=O)(OC)OC1(C(=O)O)CC1. The minimum Gasteiger partial charge on any atom is -0.479 e. The number of carbonyl (C=O) groups is 1. The molecule has 0 aromatic carbocycles. The van der Waals surface area contributed by atoms with Crippen LogP contribution in [0.4, 0.5) is 0 Å². The second-order valence-corrected chi connectivity index (χ2v) is 4.51. The van der Waals surface area contributed by atoms with Crippen LogP contribution < -0.4 is 0 Å². The van der Waals surface area contributed by atoms with Crippen molar-refractivity contribution in [3.63, 3.8) is 0 Å². The van der Waals surface area contributed by atoms with Crippen molar-refractivity contribution in [3.05, 3.63) is 0 Å². The summed E-state index contributed by atoms with van der Waals surface area (Å²) in [6.45, 7) is 0. The minimum atomic E-state index is -3.67. The van der Waals surface area contributed by atoms with E-state index in [4.69, 9.17) is 9.63 Å². The second-order valence-electron chi connectivity index (χ2n) is 2.70. The zero-order valence-corrected chi connectivity index (χ0v) is 8.24. The Kier molecular flexibility index (Phi) is 2.77. The third-order valence-corrected chi connectivity index (χ3v) is 3.30. The van der Waals surface area contributed by atoms with Gasteiger partial charge in [-0.2, -0.15) is 0 Å². The molecule has 0 aromatic heterocycles. The average molecular weight is 210 g/mol. The summed E-state index contributed by atoms with van der Waals surface area (Å²) in [6.07, 6.45) is 0.665. The van der Waals surface area contributed by atoms with Crippen molar-refractivity contribution in [2.24, 2.45) is 0 Å². The topological polar surface area (TPSA) is 82.1 Å². The number of rotatable bonds is 5. The summed E-state index contributed by atoms with van der Waals surface area (Å²) >= 11 is 0. The summed E-state index contributed by atoms with van der Waals surface area (Å²) in [5, 5.41) is 8.70. The van der Waals surface area contributed by atoms with E-state index in [2.05, 4.69) is 9.05 Å². The lowest BCUT2D eigenvalue weighted by molar-refractivity contribution is -0.148. The molecule has 1 rings (SSSR count). The van der Waals surface area contributed by atoms with E-state index in [1.807, 2.05) is 0 Å². The van der Waals surface area contributed by atoms with Crippen molar-refractivity contribution in [3.8, 4) is 0 Å². The lowest BCUT2D eigenvalue weighted by atomic mass is 10.4. The van der Waals surface area contributed by atoms with Gasteiger partial charge in [0.15, 0.2) is 5.60 Å². The monoisotopic (exact) mass is 210 g/mol. The fourth-order valence-corrected chi connectivity index (χ4v) is 1.81. The molecule has 0 bridgehead atoms. The molecule has 0 atom stereocenters. The molecular weight excluding hydrogens is 199 g/mol. The number of aliphatic carboxylic acids is 1. The van der Waals surface area contributed by atoms with Crippen LogP contribution in [0.3, 0.4) is 0 Å². The van der Waals surface area contributed by atoms with E-state index < -0.39 is 19.4 Å². The molecule has 0 spiro atoms. The smallest absolute Gasteiger partial charge is 0.475 e. The molecule has 0 radical (unpaired) electrons. The van der Waals surface area contributed by atoms with Gasteiger partial charge in [-0.1, -0.05) is 0 Å². The third kappa shape index (κ3) is 2.08. The van der Waals surface area contributed by atoms with E-state index in [1.54, 1.807) is 0 Å². The van der Waals surface area contributed by atoms with E-state index in [1.165, 1.54) is 0 Å². The highest BCUT2D eigenvalue weighted by atomic mass is 31.2. The van der Waals surface area contributed by atoms with Crippen molar-refractivity contribution in [2.45, 2.75) is 18.4 Å². The highest BCUT2D eigenvalue weighted by Gasteiger charge is 2.56. The molecule has 6 nitrogen and oxygen atoms in total. The first-order valence-electron chi connectivity index (χ1n) is 3.64. The molecule has 76 valence electrons. The largest absolute Gasteiger partial charge is 0.479 e. The van der Waals surface area contributed by atoms with Gasteiger partial charge >= 0.3 is 13.8 Å². The standard InChI is InChI=1S/C6H11O6P/c1-10-13(9,11-2)12-6(3-4-6)5(7)8/h3-4H2,1-2H3,(H,7,8). The molecule has 0 unspecified atom stereocenters. The van der Waals surface area contributed by atoms with Crippen LogP contribution in [-0.4, -0.2) is 30.9 Å². The molecule has 0 aromatic rings. The Balaban J connectivity index is 2.67. The van der Waals surface area contributed by atoms with Gasteiger partial charge in [0.05, 0.1) is 0 Å². The highest BCUT2D eigenvalue weighted by Crippen LogP contribution is 2.57. The quantitative estimate of drug-likeness (QED) is 0.682. The second kappa shape index (κ2) is 3.38. The predicted octanol–water partition coefficient (Wildman–Crippen LogP) is 1.02. The molecule has 1 aliphatic rings. The summed E-state index contributed by atoms with van der Waals surface area (Å²) in [7, 11) is -1.39. The molecule has 0 aliphatic heterocycles. The molecule has 0 saturated heterocycles. The number of carboxylic acids is 1. The fourth-order valence-electron chi connectivity index (χ4n) is 0.821. The summed E-state index contributed by atoms with van der Waals surface area (Å²) in [6, 6.07) is 0. The van der Waals surface area contributed by atoms with Gasteiger partial charge in [-0.3, -0.25) is 13.6 Å². The van der Waals surface area contributed by atoms with E-state index in [-0.39, 0.29) is 0 Å². The van der Waals surface area contributed by atoms with Crippen LogP contribution in [-0.2, 0) is 22.9 Å². The Labute approximate surface area is 75.4 Å². The van der Waals surface area contributed by atoms with Gasteiger partial charge in [0.25, 0.3) is 0 Å².